The van der Waals surface area contributed by atoms with Crippen LogP contribution < -0.4 is 0 Å². The summed E-state index contributed by atoms with van der Waals surface area (Å²) in [6.07, 6.45) is 1.07. The average Bonchev–Trinajstić information content (AvgIpc) is 2.78. The fourth-order valence-electron chi connectivity index (χ4n) is 1.82. The highest BCUT2D eigenvalue weighted by atomic mass is 32.2. The number of carbonyl (C=O) groups is 1. The van der Waals surface area contributed by atoms with Crippen LogP contribution in [0, 0.1) is 11.3 Å². The van der Waals surface area contributed by atoms with Gasteiger partial charge in [0.25, 0.3) is 5.91 Å². The molecule has 1 aliphatic rings. The van der Waals surface area contributed by atoms with E-state index in [1.807, 2.05) is 30.8 Å². The van der Waals surface area contributed by atoms with Gasteiger partial charge in [0.15, 0.2) is 0 Å². The second-order valence-corrected chi connectivity index (χ2v) is 6.08. The minimum absolute atomic E-state index is 0.00144. The first kappa shape index (κ1) is 12.5. The zero-order valence-electron chi connectivity index (χ0n) is 9.73. The van der Waals surface area contributed by atoms with Gasteiger partial charge < -0.3 is 4.90 Å². The molecule has 2 heterocycles. The smallest absolute Gasteiger partial charge is 0.264 e. The van der Waals surface area contributed by atoms with Gasteiger partial charge in [0.05, 0.1) is 10.9 Å². The van der Waals surface area contributed by atoms with Crippen molar-refractivity contribution in [2.45, 2.75) is 19.1 Å². The minimum atomic E-state index is -0.00144. The molecule has 1 aliphatic heterocycles. The van der Waals surface area contributed by atoms with E-state index >= 15 is 0 Å². The summed E-state index contributed by atoms with van der Waals surface area (Å²) >= 11 is 3.52. The Balaban J connectivity index is 2.19. The van der Waals surface area contributed by atoms with Crippen molar-refractivity contribution in [3.8, 4) is 6.07 Å². The van der Waals surface area contributed by atoms with Crippen LogP contribution >= 0.6 is 23.1 Å². The fraction of sp³-hybridized carbons (Fsp3) is 0.500. The van der Waals surface area contributed by atoms with Crippen LogP contribution in [0.3, 0.4) is 0 Å². The average molecular weight is 266 g/mol. The van der Waals surface area contributed by atoms with Crippen molar-refractivity contribution in [2.75, 3.05) is 18.8 Å². The third kappa shape index (κ3) is 2.64. The molecule has 1 aromatic heterocycles. The first-order valence-corrected chi connectivity index (χ1v) is 7.59. The van der Waals surface area contributed by atoms with E-state index in [4.69, 9.17) is 5.26 Å². The van der Waals surface area contributed by atoms with Gasteiger partial charge >= 0.3 is 0 Å². The molecule has 0 bridgehead atoms. The van der Waals surface area contributed by atoms with E-state index in [-0.39, 0.29) is 12.5 Å². The number of rotatable bonds is 3. The van der Waals surface area contributed by atoms with Gasteiger partial charge in [0, 0.05) is 17.2 Å². The highest BCUT2D eigenvalue weighted by molar-refractivity contribution is 7.98. The minimum Gasteiger partial charge on any atom is -0.325 e. The standard InChI is InChI=1S/C12H14N2OS2/c1-2-14(5-4-13)12(15)11-7-9-8-16-6-3-10(9)17-11/h7H,2-3,5-6,8H2,1H3. The molecule has 0 aliphatic carbocycles. The second kappa shape index (κ2) is 5.56. The van der Waals surface area contributed by atoms with Crippen molar-refractivity contribution in [3.05, 3.63) is 21.4 Å². The fourth-order valence-corrected chi connectivity index (χ4v) is 4.16. The summed E-state index contributed by atoms with van der Waals surface area (Å²) in [6, 6.07) is 4.05. The van der Waals surface area contributed by atoms with Crippen molar-refractivity contribution in [1.82, 2.24) is 4.90 Å². The first-order chi connectivity index (χ1) is 8.26. The van der Waals surface area contributed by atoms with Crippen LogP contribution in [0.25, 0.3) is 0 Å². The molecule has 5 heteroatoms. The molecule has 1 amide bonds. The van der Waals surface area contributed by atoms with Crippen LogP contribution in [0.15, 0.2) is 6.07 Å². The molecule has 0 aromatic carbocycles. The van der Waals surface area contributed by atoms with Crippen molar-refractivity contribution in [1.29, 1.82) is 5.26 Å². The van der Waals surface area contributed by atoms with E-state index in [1.54, 1.807) is 16.2 Å². The molecule has 0 N–H and O–H groups in total. The summed E-state index contributed by atoms with van der Waals surface area (Å²) < 4.78 is 0. The number of fused-ring (bicyclic) bond motifs is 1. The lowest BCUT2D eigenvalue weighted by atomic mass is 10.2. The maximum atomic E-state index is 12.2. The lowest BCUT2D eigenvalue weighted by molar-refractivity contribution is 0.0789. The summed E-state index contributed by atoms with van der Waals surface area (Å²) in [7, 11) is 0. The van der Waals surface area contributed by atoms with Crippen molar-refractivity contribution >= 4 is 29.0 Å². The summed E-state index contributed by atoms with van der Waals surface area (Å²) in [5.74, 6) is 2.17. The number of thiophene rings is 1. The monoisotopic (exact) mass is 266 g/mol. The maximum absolute atomic E-state index is 12.2. The molecule has 0 radical (unpaired) electrons. The summed E-state index contributed by atoms with van der Waals surface area (Å²) in [5.41, 5.74) is 1.31. The summed E-state index contributed by atoms with van der Waals surface area (Å²) in [4.78, 5) is 15.9. The Labute approximate surface area is 109 Å². The van der Waals surface area contributed by atoms with Crippen molar-refractivity contribution in [3.63, 3.8) is 0 Å². The Kier molecular flexibility index (Phi) is 4.08. The predicted octanol–water partition coefficient (Wildman–Crippen LogP) is 2.52. The molecule has 17 heavy (non-hydrogen) atoms. The first-order valence-electron chi connectivity index (χ1n) is 5.61. The van der Waals surface area contributed by atoms with E-state index in [9.17, 15) is 4.79 Å². The van der Waals surface area contributed by atoms with Crippen LogP contribution in [0.2, 0.25) is 0 Å². The number of aryl methyl sites for hydroxylation is 1. The number of nitrogens with zero attached hydrogens (tertiary/aromatic N) is 2. The molecule has 0 saturated carbocycles. The molecule has 0 atom stereocenters. The molecule has 0 unspecified atom stereocenters. The number of hydrogen-bond donors (Lipinski definition) is 0. The molecule has 1 aromatic rings. The van der Waals surface area contributed by atoms with Gasteiger partial charge in [0.2, 0.25) is 0 Å². The van der Waals surface area contributed by atoms with E-state index in [1.165, 1.54) is 10.4 Å². The highest BCUT2D eigenvalue weighted by Crippen LogP contribution is 2.32. The number of hydrogen-bond acceptors (Lipinski definition) is 4. The van der Waals surface area contributed by atoms with E-state index in [0.29, 0.717) is 6.54 Å². The lowest BCUT2D eigenvalue weighted by Gasteiger charge is -2.15. The van der Waals surface area contributed by atoms with E-state index in [0.717, 1.165) is 22.8 Å². The van der Waals surface area contributed by atoms with Crippen molar-refractivity contribution < 1.29 is 4.79 Å². The highest BCUT2D eigenvalue weighted by Gasteiger charge is 2.20. The zero-order valence-corrected chi connectivity index (χ0v) is 11.4. The number of carbonyl (C=O) groups excluding carboxylic acids is 1. The summed E-state index contributed by atoms with van der Waals surface area (Å²) in [5, 5.41) is 8.68. The number of amides is 1. The number of nitriles is 1. The van der Waals surface area contributed by atoms with Gasteiger partial charge in [-0.1, -0.05) is 0 Å². The normalized spacial score (nSPS) is 13.9. The molecule has 3 nitrogen and oxygen atoms in total. The van der Waals surface area contributed by atoms with Gasteiger partial charge in [-0.3, -0.25) is 4.79 Å². The number of thioether (sulfide) groups is 1. The van der Waals surface area contributed by atoms with E-state index < -0.39 is 0 Å². The van der Waals surface area contributed by atoms with E-state index in [2.05, 4.69) is 0 Å². The van der Waals surface area contributed by atoms with Gasteiger partial charge in [0.1, 0.15) is 6.54 Å². The molecule has 90 valence electrons. The second-order valence-electron chi connectivity index (χ2n) is 3.84. The summed E-state index contributed by atoms with van der Waals surface area (Å²) in [6.45, 7) is 2.66. The van der Waals surface area contributed by atoms with Crippen molar-refractivity contribution in [2.24, 2.45) is 0 Å². The van der Waals surface area contributed by atoms with Crippen LogP contribution in [-0.4, -0.2) is 29.6 Å². The van der Waals surface area contributed by atoms with Gasteiger partial charge in [-0.2, -0.15) is 17.0 Å². The lowest BCUT2D eigenvalue weighted by Crippen LogP contribution is -2.30. The van der Waals surface area contributed by atoms with Gasteiger partial charge in [-0.05, 0) is 30.7 Å². The Morgan fingerprint density at radius 3 is 3.12 bits per heavy atom. The Bertz CT molecular complexity index is 438. The van der Waals surface area contributed by atoms with Crippen LogP contribution in [0.4, 0.5) is 0 Å². The topological polar surface area (TPSA) is 44.1 Å². The van der Waals surface area contributed by atoms with Crippen LogP contribution in [-0.2, 0) is 12.2 Å². The zero-order chi connectivity index (χ0) is 12.3. The molecule has 2 rings (SSSR count). The molecular formula is C12H14N2OS2. The largest absolute Gasteiger partial charge is 0.325 e. The maximum Gasteiger partial charge on any atom is 0.264 e. The quantitative estimate of drug-likeness (QED) is 0.790. The SMILES string of the molecule is CCN(CC#N)C(=O)c1cc2c(s1)CCSC2. The Morgan fingerprint density at radius 1 is 1.65 bits per heavy atom. The van der Waals surface area contributed by atoms with Gasteiger partial charge in [-0.25, -0.2) is 0 Å². The van der Waals surface area contributed by atoms with Gasteiger partial charge in [-0.15, -0.1) is 11.3 Å². The molecular weight excluding hydrogens is 252 g/mol. The van der Waals surface area contributed by atoms with Crippen LogP contribution in [0.1, 0.15) is 27.0 Å². The van der Waals surface area contributed by atoms with Crippen LogP contribution in [0.5, 0.6) is 0 Å². The Hall–Kier alpha value is -0.990. The Morgan fingerprint density at radius 2 is 2.47 bits per heavy atom. The predicted molar refractivity (Wildman–Crippen MR) is 71.4 cm³/mol. The molecule has 0 fully saturated rings. The molecule has 0 saturated heterocycles. The third-order valence-electron chi connectivity index (χ3n) is 2.77. The molecule has 0 spiro atoms. The third-order valence-corrected chi connectivity index (χ3v) is 5.00.